The van der Waals surface area contributed by atoms with E-state index in [4.69, 9.17) is 0 Å². The summed E-state index contributed by atoms with van der Waals surface area (Å²) in [5.74, 6) is 4.07. The summed E-state index contributed by atoms with van der Waals surface area (Å²) in [4.78, 5) is 0. The Labute approximate surface area is 187 Å². The maximum Gasteiger partial charge on any atom is 0.573 e. The van der Waals surface area contributed by atoms with Crippen LogP contribution in [0.4, 0.5) is 22.0 Å². The first kappa shape index (κ1) is 24.6. The van der Waals surface area contributed by atoms with Crippen LogP contribution in [0.25, 0.3) is 0 Å². The molecule has 0 bridgehead atoms. The second-order valence-electron chi connectivity index (χ2n) is 9.13. The van der Waals surface area contributed by atoms with Gasteiger partial charge in [0.15, 0.2) is 11.6 Å². The van der Waals surface area contributed by atoms with Gasteiger partial charge in [0.05, 0.1) is 0 Å². The maximum absolute atomic E-state index is 14.0. The van der Waals surface area contributed by atoms with E-state index in [1.807, 2.05) is 6.08 Å². The molecule has 0 radical (unpaired) electrons. The average molecular weight is 455 g/mol. The third-order valence-corrected chi connectivity index (χ3v) is 6.76. The number of allylic oxidation sites excluding steroid dienone is 2. The molecule has 2 aliphatic rings. The van der Waals surface area contributed by atoms with E-state index in [1.54, 1.807) is 0 Å². The molecule has 0 amide bonds. The molecule has 0 heterocycles. The third-order valence-electron chi connectivity index (χ3n) is 6.76. The van der Waals surface area contributed by atoms with E-state index in [2.05, 4.69) is 29.6 Å². The zero-order valence-electron chi connectivity index (χ0n) is 18.5. The van der Waals surface area contributed by atoms with Crippen LogP contribution >= 0.6 is 0 Å². The highest BCUT2D eigenvalue weighted by atomic mass is 19.4. The van der Waals surface area contributed by atoms with E-state index in [0.29, 0.717) is 24.3 Å². The van der Waals surface area contributed by atoms with Gasteiger partial charge in [0.2, 0.25) is 5.75 Å². The molecule has 0 unspecified atom stereocenters. The average Bonchev–Trinajstić information content (AvgIpc) is 2.75. The Morgan fingerprint density at radius 3 is 2.16 bits per heavy atom. The molecule has 1 nitrogen and oxygen atoms in total. The number of alkyl halides is 3. The molecule has 1 aromatic carbocycles. The van der Waals surface area contributed by atoms with Crippen LogP contribution in [-0.4, -0.2) is 6.36 Å². The van der Waals surface area contributed by atoms with E-state index in [9.17, 15) is 22.0 Å². The lowest BCUT2D eigenvalue weighted by molar-refractivity contribution is -0.276. The molecule has 0 aromatic heterocycles. The molecule has 176 valence electrons. The van der Waals surface area contributed by atoms with Gasteiger partial charge in [0.1, 0.15) is 0 Å². The van der Waals surface area contributed by atoms with Gasteiger partial charge in [-0.05, 0) is 92.9 Å². The minimum atomic E-state index is -5.14. The number of hydrogen-bond acceptors (Lipinski definition) is 1. The largest absolute Gasteiger partial charge is 0.573 e. The van der Waals surface area contributed by atoms with Crippen molar-refractivity contribution in [3.8, 4) is 17.6 Å². The molecule has 0 spiro atoms. The number of hydrogen-bond donors (Lipinski definition) is 0. The summed E-state index contributed by atoms with van der Waals surface area (Å²) in [6.45, 7) is 2.24. The lowest BCUT2D eigenvalue weighted by Gasteiger charge is -2.26. The zero-order valence-corrected chi connectivity index (χ0v) is 18.5. The van der Waals surface area contributed by atoms with Crippen molar-refractivity contribution in [3.63, 3.8) is 0 Å². The fourth-order valence-electron chi connectivity index (χ4n) is 5.03. The predicted molar refractivity (Wildman–Crippen MR) is 115 cm³/mol. The minimum absolute atomic E-state index is 0.0918. The Hall–Kier alpha value is -2.03. The van der Waals surface area contributed by atoms with E-state index in [1.165, 1.54) is 38.5 Å². The van der Waals surface area contributed by atoms with Crippen molar-refractivity contribution < 1.29 is 26.7 Å². The highest BCUT2D eigenvalue weighted by Gasteiger charge is 2.34. The minimum Gasteiger partial charge on any atom is -0.399 e. The zero-order chi connectivity index (χ0) is 23.1. The Kier molecular flexibility index (Phi) is 8.62. The highest BCUT2D eigenvalue weighted by molar-refractivity contribution is 5.33. The highest BCUT2D eigenvalue weighted by Crippen LogP contribution is 2.38. The first-order valence-electron chi connectivity index (χ1n) is 11.7. The summed E-state index contributed by atoms with van der Waals surface area (Å²) in [5.41, 5.74) is 0.375. The Balaban J connectivity index is 1.48. The van der Waals surface area contributed by atoms with Crippen molar-refractivity contribution >= 4 is 0 Å². The Morgan fingerprint density at radius 1 is 0.969 bits per heavy atom. The SMILES string of the molecule is CCCC1CCC(C=CC#CC2CCC(c3cc(F)c(OC(F)(F)F)c(F)c3)CC2)CC1. The van der Waals surface area contributed by atoms with Gasteiger partial charge in [-0.3, -0.25) is 0 Å². The van der Waals surface area contributed by atoms with Gasteiger partial charge in [-0.1, -0.05) is 37.7 Å². The summed E-state index contributed by atoms with van der Waals surface area (Å²) in [6.07, 6.45) is 9.78. The van der Waals surface area contributed by atoms with Gasteiger partial charge >= 0.3 is 6.36 Å². The standard InChI is InChI=1S/C26H31F5O/c1-2-5-18-8-10-19(11-9-18)6-3-4-7-20-12-14-21(15-13-20)22-16-23(27)25(24(28)17-22)32-26(29,30)31/h3,6,16-21H,2,5,8-15H2,1H3. The Bertz CT molecular complexity index is 809. The predicted octanol–water partition coefficient (Wildman–Crippen LogP) is 8.30. The van der Waals surface area contributed by atoms with E-state index < -0.39 is 23.7 Å². The van der Waals surface area contributed by atoms with Crippen LogP contribution in [0.5, 0.6) is 5.75 Å². The van der Waals surface area contributed by atoms with Crippen molar-refractivity contribution in [3.05, 3.63) is 41.5 Å². The topological polar surface area (TPSA) is 9.23 Å². The van der Waals surface area contributed by atoms with Gasteiger partial charge in [-0.15, -0.1) is 13.2 Å². The smallest absolute Gasteiger partial charge is 0.399 e. The second kappa shape index (κ2) is 11.2. The summed E-state index contributed by atoms with van der Waals surface area (Å²) >= 11 is 0. The van der Waals surface area contributed by atoms with E-state index in [-0.39, 0.29) is 11.8 Å². The van der Waals surface area contributed by atoms with Crippen molar-refractivity contribution in [1.82, 2.24) is 0 Å². The maximum atomic E-state index is 14.0. The number of rotatable bonds is 5. The van der Waals surface area contributed by atoms with Crippen LogP contribution in [0, 0.1) is 41.2 Å². The van der Waals surface area contributed by atoms with Crippen LogP contribution in [0.2, 0.25) is 0 Å². The first-order chi connectivity index (χ1) is 15.2. The molecular formula is C26H31F5O. The lowest BCUT2D eigenvalue weighted by Crippen LogP contribution is -2.19. The summed E-state index contributed by atoms with van der Waals surface area (Å²) < 4.78 is 68.4. The molecule has 0 aliphatic heterocycles. The second-order valence-corrected chi connectivity index (χ2v) is 9.13. The monoisotopic (exact) mass is 454 g/mol. The van der Waals surface area contributed by atoms with Crippen molar-refractivity contribution in [2.45, 2.75) is 83.4 Å². The van der Waals surface area contributed by atoms with Crippen LogP contribution in [0.1, 0.15) is 82.6 Å². The van der Waals surface area contributed by atoms with E-state index in [0.717, 1.165) is 30.9 Å². The Morgan fingerprint density at radius 2 is 1.59 bits per heavy atom. The molecule has 0 saturated heterocycles. The number of ether oxygens (including phenoxy) is 1. The quantitative estimate of drug-likeness (QED) is 0.321. The summed E-state index contributed by atoms with van der Waals surface area (Å²) in [5, 5.41) is 0. The first-order valence-corrected chi connectivity index (χ1v) is 11.7. The van der Waals surface area contributed by atoms with Gasteiger partial charge < -0.3 is 4.74 Å². The van der Waals surface area contributed by atoms with Gasteiger partial charge in [-0.25, -0.2) is 8.78 Å². The fourth-order valence-corrected chi connectivity index (χ4v) is 5.03. The van der Waals surface area contributed by atoms with Gasteiger partial charge in [0, 0.05) is 5.92 Å². The van der Waals surface area contributed by atoms with Crippen LogP contribution < -0.4 is 4.74 Å². The fraction of sp³-hybridized carbons (Fsp3) is 0.615. The molecule has 0 atom stereocenters. The third kappa shape index (κ3) is 7.25. The van der Waals surface area contributed by atoms with Crippen molar-refractivity contribution in [1.29, 1.82) is 0 Å². The molecule has 0 N–H and O–H groups in total. The molecule has 1 aromatic rings. The molecular weight excluding hydrogens is 423 g/mol. The summed E-state index contributed by atoms with van der Waals surface area (Å²) in [6, 6.07) is 1.91. The molecule has 32 heavy (non-hydrogen) atoms. The number of benzene rings is 1. The van der Waals surface area contributed by atoms with Crippen molar-refractivity contribution in [2.24, 2.45) is 17.8 Å². The van der Waals surface area contributed by atoms with Crippen molar-refractivity contribution in [2.75, 3.05) is 0 Å². The van der Waals surface area contributed by atoms with Gasteiger partial charge in [-0.2, -0.15) is 0 Å². The van der Waals surface area contributed by atoms with E-state index >= 15 is 0 Å². The van der Waals surface area contributed by atoms with Crippen LogP contribution in [-0.2, 0) is 0 Å². The normalized spacial score (nSPS) is 26.6. The molecule has 2 aliphatic carbocycles. The molecule has 3 rings (SSSR count). The molecule has 2 fully saturated rings. The van der Waals surface area contributed by atoms with Gasteiger partial charge in [0.25, 0.3) is 0 Å². The van der Waals surface area contributed by atoms with Crippen LogP contribution in [0.15, 0.2) is 24.3 Å². The lowest BCUT2D eigenvalue weighted by atomic mass is 9.79. The number of halogens is 5. The van der Waals surface area contributed by atoms with Crippen LogP contribution in [0.3, 0.4) is 0 Å². The molecule has 6 heteroatoms. The molecule has 2 saturated carbocycles. The summed E-state index contributed by atoms with van der Waals surface area (Å²) in [7, 11) is 0.